The van der Waals surface area contributed by atoms with Crippen LogP contribution in [0.2, 0.25) is 0 Å². The molecule has 0 atom stereocenters. The van der Waals surface area contributed by atoms with Gasteiger partial charge < -0.3 is 0 Å². The molecule has 0 nitrogen and oxygen atoms in total. The Balaban J connectivity index is 2.90. The first-order valence-corrected chi connectivity index (χ1v) is 3.16. The summed E-state index contributed by atoms with van der Waals surface area (Å²) < 4.78 is 0. The molecule has 45 valence electrons. The molecular formula is C8H13. The molecule has 1 radical (unpaired) electrons. The Kier molecular flexibility index (Phi) is 6.20. The lowest BCUT2D eigenvalue weighted by atomic mass is 10.2. The van der Waals surface area contributed by atoms with Crippen LogP contribution >= 0.6 is 0 Å². The van der Waals surface area contributed by atoms with Crippen molar-refractivity contribution >= 4 is 0 Å². The Bertz CT molecular complexity index is 81.9. The second-order valence-corrected chi connectivity index (χ2v) is 1.71. The van der Waals surface area contributed by atoms with E-state index in [1.54, 1.807) is 0 Å². The SMILES string of the molecule is [CH2]CC#CCCCC. The highest BCUT2D eigenvalue weighted by Crippen LogP contribution is 1.90. The zero-order valence-corrected chi connectivity index (χ0v) is 5.54. The topological polar surface area (TPSA) is 0 Å². The summed E-state index contributed by atoms with van der Waals surface area (Å²) >= 11 is 0. The molecule has 0 unspecified atom stereocenters. The first-order chi connectivity index (χ1) is 3.91. The Morgan fingerprint density at radius 2 is 2.12 bits per heavy atom. The fourth-order valence-electron chi connectivity index (χ4n) is 0.442. The van der Waals surface area contributed by atoms with Gasteiger partial charge in [-0.1, -0.05) is 13.3 Å². The number of hydrogen-bond acceptors (Lipinski definition) is 0. The van der Waals surface area contributed by atoms with Crippen molar-refractivity contribution in [3.8, 4) is 11.8 Å². The summed E-state index contributed by atoms with van der Waals surface area (Å²) in [5.74, 6) is 5.95. The molecule has 0 spiro atoms. The highest BCUT2D eigenvalue weighted by molar-refractivity contribution is 4.98. The summed E-state index contributed by atoms with van der Waals surface area (Å²) in [6, 6.07) is 0. The molecule has 0 aromatic heterocycles. The summed E-state index contributed by atoms with van der Waals surface area (Å²) in [4.78, 5) is 0. The van der Waals surface area contributed by atoms with E-state index in [9.17, 15) is 0 Å². The van der Waals surface area contributed by atoms with Crippen LogP contribution in [0.25, 0.3) is 0 Å². The maximum Gasteiger partial charge on any atom is 0.00890 e. The van der Waals surface area contributed by atoms with Crippen LogP contribution in [0.15, 0.2) is 0 Å². The molecule has 0 aromatic rings. The predicted octanol–water partition coefficient (Wildman–Crippen LogP) is 2.40. The fourth-order valence-corrected chi connectivity index (χ4v) is 0.442. The van der Waals surface area contributed by atoms with E-state index < -0.39 is 0 Å². The van der Waals surface area contributed by atoms with Gasteiger partial charge in [0.25, 0.3) is 0 Å². The van der Waals surface area contributed by atoms with Gasteiger partial charge in [-0.05, 0) is 13.3 Å². The second-order valence-electron chi connectivity index (χ2n) is 1.71. The summed E-state index contributed by atoms with van der Waals surface area (Å²) in [6.07, 6.45) is 4.27. The third kappa shape index (κ3) is 5.56. The summed E-state index contributed by atoms with van der Waals surface area (Å²) in [6.45, 7) is 5.78. The van der Waals surface area contributed by atoms with E-state index in [1.165, 1.54) is 12.8 Å². The molecule has 0 N–H and O–H groups in total. The summed E-state index contributed by atoms with van der Waals surface area (Å²) in [5.41, 5.74) is 0. The minimum absolute atomic E-state index is 0.754. The van der Waals surface area contributed by atoms with E-state index in [1.807, 2.05) is 0 Å². The van der Waals surface area contributed by atoms with Crippen LogP contribution in [-0.2, 0) is 0 Å². The molecule has 0 heteroatoms. The average molecular weight is 109 g/mol. The van der Waals surface area contributed by atoms with Crippen LogP contribution in [-0.4, -0.2) is 0 Å². The van der Waals surface area contributed by atoms with Gasteiger partial charge >= 0.3 is 0 Å². The molecule has 0 saturated heterocycles. The quantitative estimate of drug-likeness (QED) is 0.377. The molecule has 0 rings (SSSR count). The first kappa shape index (κ1) is 7.56. The normalized spacial score (nSPS) is 7.75. The third-order valence-corrected chi connectivity index (χ3v) is 0.905. The standard InChI is InChI=1S/C8H13/c1-3-5-7-8-6-4-2/h1,3-4,6,8H2,2H3. The van der Waals surface area contributed by atoms with Crippen LogP contribution in [0, 0.1) is 18.8 Å². The van der Waals surface area contributed by atoms with Gasteiger partial charge in [0, 0.05) is 12.8 Å². The predicted molar refractivity (Wildman–Crippen MR) is 37.3 cm³/mol. The average Bonchev–Trinajstić information content (AvgIpc) is 1.81. The Hall–Kier alpha value is -0.440. The minimum Gasteiger partial charge on any atom is -0.103 e. The maximum atomic E-state index is 3.61. The largest absolute Gasteiger partial charge is 0.103 e. The maximum absolute atomic E-state index is 3.61. The minimum atomic E-state index is 0.754. The summed E-state index contributed by atoms with van der Waals surface area (Å²) in [7, 11) is 0. The smallest absolute Gasteiger partial charge is 0.00890 e. The molecule has 0 fully saturated rings. The van der Waals surface area contributed by atoms with E-state index in [4.69, 9.17) is 0 Å². The van der Waals surface area contributed by atoms with Crippen molar-refractivity contribution in [1.82, 2.24) is 0 Å². The fraction of sp³-hybridized carbons (Fsp3) is 0.625. The van der Waals surface area contributed by atoms with E-state index in [-0.39, 0.29) is 0 Å². The molecule has 0 aliphatic heterocycles. The molecule has 0 heterocycles. The molecule has 0 amide bonds. The molecule has 8 heavy (non-hydrogen) atoms. The lowest BCUT2D eigenvalue weighted by molar-refractivity contribution is 0.827. The van der Waals surface area contributed by atoms with Gasteiger partial charge in [-0.2, -0.15) is 0 Å². The zero-order chi connectivity index (χ0) is 6.24. The van der Waals surface area contributed by atoms with E-state index in [0.717, 1.165) is 12.8 Å². The monoisotopic (exact) mass is 109 g/mol. The van der Waals surface area contributed by atoms with Crippen molar-refractivity contribution in [3.05, 3.63) is 6.92 Å². The van der Waals surface area contributed by atoms with Gasteiger partial charge in [-0.25, -0.2) is 0 Å². The van der Waals surface area contributed by atoms with Gasteiger partial charge in [0.05, 0.1) is 0 Å². The van der Waals surface area contributed by atoms with Crippen LogP contribution in [0.5, 0.6) is 0 Å². The molecular weight excluding hydrogens is 96.1 g/mol. The highest BCUT2D eigenvalue weighted by Gasteiger charge is 1.73. The molecule has 0 aliphatic carbocycles. The van der Waals surface area contributed by atoms with Crippen molar-refractivity contribution < 1.29 is 0 Å². The van der Waals surface area contributed by atoms with Crippen molar-refractivity contribution in [1.29, 1.82) is 0 Å². The molecule has 0 saturated carbocycles. The number of rotatable bonds is 2. The van der Waals surface area contributed by atoms with Crippen LogP contribution < -0.4 is 0 Å². The van der Waals surface area contributed by atoms with Crippen LogP contribution in [0.1, 0.15) is 32.6 Å². The third-order valence-electron chi connectivity index (χ3n) is 0.905. The lowest BCUT2D eigenvalue weighted by Crippen LogP contribution is -1.65. The van der Waals surface area contributed by atoms with Gasteiger partial charge in [0.15, 0.2) is 0 Å². The van der Waals surface area contributed by atoms with Crippen molar-refractivity contribution in [2.45, 2.75) is 32.6 Å². The van der Waals surface area contributed by atoms with Gasteiger partial charge in [0.2, 0.25) is 0 Å². The van der Waals surface area contributed by atoms with Crippen molar-refractivity contribution in [2.24, 2.45) is 0 Å². The molecule has 0 aromatic carbocycles. The van der Waals surface area contributed by atoms with E-state index in [0.29, 0.717) is 0 Å². The Labute approximate surface area is 52.3 Å². The Morgan fingerprint density at radius 3 is 2.62 bits per heavy atom. The van der Waals surface area contributed by atoms with Gasteiger partial charge in [-0.15, -0.1) is 11.8 Å². The molecule has 0 aliphatic rings. The van der Waals surface area contributed by atoms with Gasteiger partial charge in [0.1, 0.15) is 0 Å². The molecule has 0 bridgehead atoms. The second kappa shape index (κ2) is 6.56. The lowest BCUT2D eigenvalue weighted by Gasteiger charge is -1.81. The summed E-state index contributed by atoms with van der Waals surface area (Å²) in [5, 5.41) is 0. The van der Waals surface area contributed by atoms with Gasteiger partial charge in [-0.3, -0.25) is 0 Å². The van der Waals surface area contributed by atoms with Crippen LogP contribution in [0.3, 0.4) is 0 Å². The number of hydrogen-bond donors (Lipinski definition) is 0. The van der Waals surface area contributed by atoms with Crippen LogP contribution in [0.4, 0.5) is 0 Å². The number of unbranched alkanes of at least 4 members (excludes halogenated alkanes) is 2. The van der Waals surface area contributed by atoms with E-state index >= 15 is 0 Å². The van der Waals surface area contributed by atoms with Crippen molar-refractivity contribution in [3.63, 3.8) is 0 Å². The first-order valence-electron chi connectivity index (χ1n) is 3.16. The highest BCUT2D eigenvalue weighted by atomic mass is 13.8. The zero-order valence-electron chi connectivity index (χ0n) is 5.54. The Morgan fingerprint density at radius 1 is 1.38 bits per heavy atom. The van der Waals surface area contributed by atoms with E-state index in [2.05, 4.69) is 25.7 Å². The van der Waals surface area contributed by atoms with Crippen molar-refractivity contribution in [2.75, 3.05) is 0 Å².